The van der Waals surface area contributed by atoms with E-state index < -0.39 is 72.0 Å². The Bertz CT molecular complexity index is 1850. The molecular formula is C55H85NO12. The first-order valence-corrected chi connectivity index (χ1v) is 25.5. The SMILES string of the molecule is CCC#CCOC1CC2CCC(C)C(O)(O2)C(=O)C(=O)N2CCCCC2C(=O)OC(C(C)CC2CCC(O)C(OC)C2)CCC(C)/C=C(\C)C(O)C(OC)C(=O)C(C)CC(C)/C=C/C=C/C=C/1C. The van der Waals surface area contributed by atoms with E-state index in [-0.39, 0.29) is 54.6 Å². The zero-order chi connectivity index (χ0) is 50.1. The van der Waals surface area contributed by atoms with Gasteiger partial charge in [-0.05, 0) is 126 Å². The molecule has 1 amide bonds. The number of ether oxygens (including phenoxy) is 5. The molecule has 4 rings (SSSR count). The van der Waals surface area contributed by atoms with E-state index in [1.165, 1.54) is 12.0 Å². The summed E-state index contributed by atoms with van der Waals surface area (Å²) in [4.78, 5) is 58.2. The Morgan fingerprint density at radius 2 is 1.60 bits per heavy atom. The summed E-state index contributed by atoms with van der Waals surface area (Å²) >= 11 is 0. The number of rotatable bonds is 7. The number of hydrogen-bond donors (Lipinski definition) is 3. The predicted molar refractivity (Wildman–Crippen MR) is 262 cm³/mol. The van der Waals surface area contributed by atoms with Gasteiger partial charge in [-0.15, -0.1) is 5.92 Å². The van der Waals surface area contributed by atoms with Gasteiger partial charge in [0.2, 0.25) is 5.79 Å². The number of piperidine rings is 1. The summed E-state index contributed by atoms with van der Waals surface area (Å²) in [7, 11) is 3.05. The van der Waals surface area contributed by atoms with Crippen LogP contribution in [0.25, 0.3) is 0 Å². The molecule has 3 N–H and O–H groups in total. The van der Waals surface area contributed by atoms with Gasteiger partial charge in [-0.25, -0.2) is 4.79 Å². The molecule has 2 saturated heterocycles. The van der Waals surface area contributed by atoms with E-state index in [0.29, 0.717) is 82.6 Å². The second-order valence-corrected chi connectivity index (χ2v) is 20.5. The molecule has 2 bridgehead atoms. The topological polar surface area (TPSA) is 178 Å². The highest BCUT2D eigenvalue weighted by molar-refractivity contribution is 6.39. The lowest BCUT2D eigenvalue weighted by Crippen LogP contribution is -2.61. The number of hydrogen-bond acceptors (Lipinski definition) is 12. The number of Topliss-reactive ketones (excluding diaryl/α,β-unsaturated/α-hetero) is 2. The molecule has 382 valence electrons. The minimum absolute atomic E-state index is 0.0507. The largest absolute Gasteiger partial charge is 0.461 e. The lowest BCUT2D eigenvalue weighted by Gasteiger charge is -2.43. The summed E-state index contributed by atoms with van der Waals surface area (Å²) < 4.78 is 30.2. The fourth-order valence-electron chi connectivity index (χ4n) is 10.5. The van der Waals surface area contributed by atoms with E-state index in [1.54, 1.807) is 21.0 Å². The van der Waals surface area contributed by atoms with Crippen molar-refractivity contribution in [2.45, 2.75) is 200 Å². The van der Waals surface area contributed by atoms with E-state index >= 15 is 0 Å². The van der Waals surface area contributed by atoms with Crippen molar-refractivity contribution in [3.8, 4) is 11.8 Å². The van der Waals surface area contributed by atoms with Crippen molar-refractivity contribution in [2.75, 3.05) is 27.4 Å². The summed E-state index contributed by atoms with van der Waals surface area (Å²) in [6.07, 6.45) is 14.9. The predicted octanol–water partition coefficient (Wildman–Crippen LogP) is 7.79. The maximum atomic E-state index is 14.5. The number of esters is 1. The summed E-state index contributed by atoms with van der Waals surface area (Å²) in [6, 6.07) is -1.03. The van der Waals surface area contributed by atoms with E-state index in [0.717, 1.165) is 18.4 Å². The molecule has 0 spiro atoms. The molecule has 68 heavy (non-hydrogen) atoms. The van der Waals surface area contributed by atoms with Crippen LogP contribution in [0, 0.1) is 47.3 Å². The Morgan fingerprint density at radius 3 is 2.31 bits per heavy atom. The first kappa shape index (κ1) is 57.1. The third-order valence-electron chi connectivity index (χ3n) is 14.9. The van der Waals surface area contributed by atoms with Crippen LogP contribution in [-0.2, 0) is 42.9 Å². The molecule has 4 aliphatic rings. The van der Waals surface area contributed by atoms with Crippen LogP contribution >= 0.6 is 0 Å². The Balaban J connectivity index is 1.70. The average Bonchev–Trinajstić information content (AvgIpc) is 3.31. The summed E-state index contributed by atoms with van der Waals surface area (Å²) in [5.41, 5.74) is 1.48. The van der Waals surface area contributed by atoms with Crippen molar-refractivity contribution in [3.63, 3.8) is 0 Å². The number of methoxy groups -OCH3 is 2. The molecule has 3 fully saturated rings. The van der Waals surface area contributed by atoms with Gasteiger partial charge < -0.3 is 43.9 Å². The van der Waals surface area contributed by atoms with Crippen LogP contribution in [0.3, 0.4) is 0 Å². The number of aliphatic hydroxyl groups is 3. The zero-order valence-electron chi connectivity index (χ0n) is 42.8. The second kappa shape index (κ2) is 27.8. The maximum Gasteiger partial charge on any atom is 0.329 e. The van der Waals surface area contributed by atoms with Gasteiger partial charge in [0, 0.05) is 45.4 Å². The lowest BCUT2D eigenvalue weighted by molar-refractivity contribution is -0.265. The first-order valence-electron chi connectivity index (χ1n) is 25.5. The molecule has 3 aliphatic heterocycles. The fourth-order valence-corrected chi connectivity index (χ4v) is 10.5. The van der Waals surface area contributed by atoms with E-state index in [1.807, 2.05) is 71.1 Å². The fraction of sp³-hybridized carbons (Fsp3) is 0.745. The smallest absolute Gasteiger partial charge is 0.329 e. The van der Waals surface area contributed by atoms with Crippen LogP contribution in [0.15, 0.2) is 47.6 Å². The van der Waals surface area contributed by atoms with Gasteiger partial charge in [-0.1, -0.05) is 83.9 Å². The summed E-state index contributed by atoms with van der Waals surface area (Å²) in [5.74, 6) is -0.171. The Hall–Kier alpha value is -3.48. The molecule has 15 atom stereocenters. The number of ketones is 2. The molecule has 0 radical (unpaired) electrons. The highest BCUT2D eigenvalue weighted by Crippen LogP contribution is 2.38. The Labute approximate surface area is 407 Å². The van der Waals surface area contributed by atoms with Gasteiger partial charge in [-0.2, -0.15) is 0 Å². The molecule has 1 aliphatic carbocycles. The summed E-state index contributed by atoms with van der Waals surface area (Å²) in [6.45, 7) is 15.7. The van der Waals surface area contributed by atoms with Gasteiger partial charge in [0.1, 0.15) is 31.0 Å². The monoisotopic (exact) mass is 952 g/mol. The van der Waals surface area contributed by atoms with Crippen LogP contribution in [0.4, 0.5) is 0 Å². The number of carbonyl (C=O) groups is 4. The van der Waals surface area contributed by atoms with Crippen LogP contribution in [0.5, 0.6) is 0 Å². The highest BCUT2D eigenvalue weighted by Gasteiger charge is 2.53. The number of aliphatic hydroxyl groups excluding tert-OH is 2. The highest BCUT2D eigenvalue weighted by atomic mass is 16.6. The molecule has 0 aromatic rings. The van der Waals surface area contributed by atoms with E-state index in [2.05, 4.69) is 18.8 Å². The van der Waals surface area contributed by atoms with E-state index in [4.69, 9.17) is 23.7 Å². The standard InChI is InChI=1S/C55H85NO12/c1-11-12-18-29-66-47-34-43-25-23-41(8)55(63,68-43)52(60)53(61)56-28-17-16-21-44(56)54(62)67-46(38(5)32-42-24-26-45(57)48(33-42)64-9)27-22-36(3)31-40(7)50(59)51(65-10)49(58)39(6)30-35(2)19-14-13-15-20-37(47)4/h13-15,19-20,31,35-36,38-39,41-48,50-51,57,59,63H,11,16-17,21-30,32-34H2,1-10H3/b15-13+,19-14+,37-20+,40-31+. The first-order chi connectivity index (χ1) is 32.3. The third kappa shape index (κ3) is 16.0. The quantitative estimate of drug-likeness (QED) is 0.0979. The zero-order valence-corrected chi connectivity index (χ0v) is 42.8. The van der Waals surface area contributed by atoms with Crippen molar-refractivity contribution in [2.24, 2.45) is 35.5 Å². The molecule has 3 heterocycles. The van der Waals surface area contributed by atoms with Crippen LogP contribution < -0.4 is 0 Å². The molecule has 15 unspecified atom stereocenters. The molecule has 13 heteroatoms. The van der Waals surface area contributed by atoms with Gasteiger partial charge in [0.05, 0.1) is 24.4 Å². The third-order valence-corrected chi connectivity index (χ3v) is 14.9. The maximum absolute atomic E-state index is 14.5. The normalized spacial score (nSPS) is 38.9. The Kier molecular flexibility index (Phi) is 23.3. The minimum Gasteiger partial charge on any atom is -0.461 e. The number of allylic oxidation sites excluding steroid dienone is 6. The molecule has 13 nitrogen and oxygen atoms in total. The number of carbonyl (C=O) groups excluding carboxylic acids is 4. The van der Waals surface area contributed by atoms with Crippen molar-refractivity contribution in [3.05, 3.63) is 47.6 Å². The number of amides is 1. The summed E-state index contributed by atoms with van der Waals surface area (Å²) in [5, 5.41) is 34.1. The van der Waals surface area contributed by atoms with Crippen LogP contribution in [-0.4, -0.2) is 126 Å². The van der Waals surface area contributed by atoms with E-state index in [9.17, 15) is 34.5 Å². The number of nitrogens with zero attached hydrogens (tertiary/aromatic N) is 1. The van der Waals surface area contributed by atoms with Crippen molar-refractivity contribution in [1.82, 2.24) is 4.90 Å². The van der Waals surface area contributed by atoms with Crippen LogP contribution in [0.2, 0.25) is 0 Å². The van der Waals surface area contributed by atoms with Gasteiger partial charge in [0.15, 0.2) is 5.78 Å². The van der Waals surface area contributed by atoms with Crippen molar-refractivity contribution >= 4 is 23.4 Å². The van der Waals surface area contributed by atoms with Crippen molar-refractivity contribution in [1.29, 1.82) is 0 Å². The minimum atomic E-state index is -2.41. The number of cyclic esters (lactones) is 1. The molecule has 0 aromatic heterocycles. The molecule has 0 aromatic carbocycles. The Morgan fingerprint density at radius 1 is 0.853 bits per heavy atom. The lowest BCUT2D eigenvalue weighted by atomic mass is 9.78. The number of fused-ring (bicyclic) bond motifs is 3. The van der Waals surface area contributed by atoms with Gasteiger partial charge in [-0.3, -0.25) is 14.4 Å². The molecule has 1 saturated carbocycles. The van der Waals surface area contributed by atoms with Gasteiger partial charge in [0.25, 0.3) is 11.7 Å². The van der Waals surface area contributed by atoms with Gasteiger partial charge >= 0.3 is 5.97 Å². The molecular weight excluding hydrogens is 867 g/mol. The second-order valence-electron chi connectivity index (χ2n) is 20.5. The average molecular weight is 952 g/mol. The van der Waals surface area contributed by atoms with Crippen molar-refractivity contribution < 1.29 is 58.2 Å². The van der Waals surface area contributed by atoms with Crippen LogP contribution in [0.1, 0.15) is 145 Å².